The molecule has 12 heavy (non-hydrogen) atoms. The van der Waals surface area contributed by atoms with E-state index in [2.05, 4.69) is 17.5 Å². The van der Waals surface area contributed by atoms with Crippen molar-refractivity contribution in [3.63, 3.8) is 0 Å². The van der Waals surface area contributed by atoms with Crippen molar-refractivity contribution in [1.29, 1.82) is 0 Å². The summed E-state index contributed by atoms with van der Waals surface area (Å²) in [5.41, 5.74) is 5.73. The molecule has 1 nitrogen and oxygen atoms in total. The van der Waals surface area contributed by atoms with Crippen molar-refractivity contribution in [1.82, 2.24) is 0 Å². The third-order valence-corrected chi connectivity index (χ3v) is 3.87. The summed E-state index contributed by atoms with van der Waals surface area (Å²) in [5, 5.41) is 2.17. The van der Waals surface area contributed by atoms with Crippen LogP contribution in [0.1, 0.15) is 30.1 Å². The quantitative estimate of drug-likeness (QED) is 0.745. The Balaban J connectivity index is 2.13. The second-order valence-electron chi connectivity index (χ2n) is 3.55. The van der Waals surface area contributed by atoms with Crippen molar-refractivity contribution in [2.24, 2.45) is 11.7 Å². The van der Waals surface area contributed by atoms with Gasteiger partial charge in [-0.15, -0.1) is 11.3 Å². The van der Waals surface area contributed by atoms with Crippen LogP contribution in [0.2, 0.25) is 0 Å². The summed E-state index contributed by atoms with van der Waals surface area (Å²) < 4.78 is 0. The number of rotatable bonds is 2. The molecule has 66 valence electrons. The van der Waals surface area contributed by atoms with Gasteiger partial charge in [-0.2, -0.15) is 0 Å². The first-order valence-electron chi connectivity index (χ1n) is 4.65. The van der Waals surface area contributed by atoms with E-state index in [1.165, 1.54) is 19.3 Å². The summed E-state index contributed by atoms with van der Waals surface area (Å²) in [6.45, 7) is 0.864. The second-order valence-corrected chi connectivity index (χ2v) is 4.53. The molecule has 1 aromatic rings. The molecule has 0 bridgehead atoms. The summed E-state index contributed by atoms with van der Waals surface area (Å²) in [6, 6.07) is 4.40. The molecular weight excluding hydrogens is 166 g/mol. The SMILES string of the molecule is NCC1CCCC1c1cccs1. The summed E-state index contributed by atoms with van der Waals surface area (Å²) in [6.07, 6.45) is 4.05. The van der Waals surface area contributed by atoms with Crippen molar-refractivity contribution in [3.05, 3.63) is 22.4 Å². The van der Waals surface area contributed by atoms with Crippen LogP contribution in [-0.2, 0) is 0 Å². The number of nitrogens with two attached hydrogens (primary N) is 1. The minimum absolute atomic E-state index is 0.753. The van der Waals surface area contributed by atoms with Gasteiger partial charge in [-0.05, 0) is 42.7 Å². The van der Waals surface area contributed by atoms with E-state index in [0.717, 1.165) is 18.4 Å². The van der Waals surface area contributed by atoms with Crippen LogP contribution in [0.4, 0.5) is 0 Å². The smallest absolute Gasteiger partial charge is 0.00794 e. The van der Waals surface area contributed by atoms with E-state index in [-0.39, 0.29) is 0 Å². The van der Waals surface area contributed by atoms with Gasteiger partial charge >= 0.3 is 0 Å². The fourth-order valence-electron chi connectivity index (χ4n) is 2.20. The maximum absolute atomic E-state index is 5.73. The van der Waals surface area contributed by atoms with Gasteiger partial charge < -0.3 is 5.73 Å². The van der Waals surface area contributed by atoms with Crippen molar-refractivity contribution >= 4 is 11.3 Å². The van der Waals surface area contributed by atoms with Crippen LogP contribution in [0.3, 0.4) is 0 Å². The molecule has 1 aliphatic carbocycles. The van der Waals surface area contributed by atoms with Gasteiger partial charge in [0.25, 0.3) is 0 Å². The topological polar surface area (TPSA) is 26.0 Å². The van der Waals surface area contributed by atoms with E-state index < -0.39 is 0 Å². The predicted octanol–water partition coefficient (Wildman–Crippen LogP) is 2.59. The highest BCUT2D eigenvalue weighted by Gasteiger charge is 2.27. The highest BCUT2D eigenvalue weighted by Crippen LogP contribution is 2.40. The first kappa shape index (κ1) is 8.27. The highest BCUT2D eigenvalue weighted by atomic mass is 32.1. The Bertz CT molecular complexity index is 230. The molecule has 2 unspecified atom stereocenters. The standard InChI is InChI=1S/C10H15NS/c11-7-8-3-1-4-9(8)10-5-2-6-12-10/h2,5-6,8-9H,1,3-4,7,11H2. The lowest BCUT2D eigenvalue weighted by atomic mass is 9.95. The molecule has 2 N–H and O–H groups in total. The molecule has 2 heteroatoms. The van der Waals surface area contributed by atoms with Crippen LogP contribution in [-0.4, -0.2) is 6.54 Å². The van der Waals surface area contributed by atoms with E-state index in [0.29, 0.717) is 0 Å². The predicted molar refractivity (Wildman–Crippen MR) is 53.5 cm³/mol. The Labute approximate surface area is 77.6 Å². The van der Waals surface area contributed by atoms with Gasteiger partial charge in [0.05, 0.1) is 0 Å². The number of hydrogen-bond donors (Lipinski definition) is 1. The second kappa shape index (κ2) is 3.58. The fraction of sp³-hybridized carbons (Fsp3) is 0.600. The summed E-state index contributed by atoms with van der Waals surface area (Å²) in [5.74, 6) is 1.53. The third kappa shape index (κ3) is 1.41. The van der Waals surface area contributed by atoms with Gasteiger partial charge in [0.1, 0.15) is 0 Å². The van der Waals surface area contributed by atoms with E-state index in [1.54, 1.807) is 4.88 Å². The Morgan fingerprint density at radius 3 is 3.08 bits per heavy atom. The van der Waals surface area contributed by atoms with Crippen LogP contribution in [0, 0.1) is 5.92 Å². The average molecular weight is 181 g/mol. The fourth-order valence-corrected chi connectivity index (χ4v) is 3.15. The van der Waals surface area contributed by atoms with Crippen molar-refractivity contribution in [2.75, 3.05) is 6.54 Å². The minimum Gasteiger partial charge on any atom is -0.330 e. The zero-order chi connectivity index (χ0) is 8.39. The minimum atomic E-state index is 0.753. The van der Waals surface area contributed by atoms with E-state index in [9.17, 15) is 0 Å². The van der Waals surface area contributed by atoms with Gasteiger partial charge in [-0.25, -0.2) is 0 Å². The van der Waals surface area contributed by atoms with Crippen LogP contribution in [0.25, 0.3) is 0 Å². The van der Waals surface area contributed by atoms with Crippen molar-refractivity contribution in [3.8, 4) is 0 Å². The molecule has 0 spiro atoms. The lowest BCUT2D eigenvalue weighted by molar-refractivity contribution is 0.502. The zero-order valence-corrected chi connectivity index (χ0v) is 8.02. The molecule has 2 rings (SSSR count). The lowest BCUT2D eigenvalue weighted by Gasteiger charge is -2.15. The van der Waals surface area contributed by atoms with Crippen LogP contribution < -0.4 is 5.73 Å². The van der Waals surface area contributed by atoms with E-state index >= 15 is 0 Å². The Hall–Kier alpha value is -0.340. The molecule has 1 saturated carbocycles. The van der Waals surface area contributed by atoms with Crippen molar-refractivity contribution < 1.29 is 0 Å². The third-order valence-electron chi connectivity index (χ3n) is 2.87. The monoisotopic (exact) mass is 181 g/mol. The Morgan fingerprint density at radius 2 is 2.42 bits per heavy atom. The average Bonchev–Trinajstić information content (AvgIpc) is 2.74. The van der Waals surface area contributed by atoms with Gasteiger partial charge in [0, 0.05) is 4.88 Å². The molecule has 1 aliphatic rings. The highest BCUT2D eigenvalue weighted by molar-refractivity contribution is 7.10. The first-order chi connectivity index (χ1) is 5.92. The van der Waals surface area contributed by atoms with Crippen LogP contribution in [0.15, 0.2) is 17.5 Å². The molecule has 0 radical (unpaired) electrons. The molecule has 1 fully saturated rings. The van der Waals surface area contributed by atoms with Gasteiger partial charge in [-0.1, -0.05) is 12.5 Å². The maximum atomic E-state index is 5.73. The van der Waals surface area contributed by atoms with Gasteiger partial charge in [-0.3, -0.25) is 0 Å². The summed E-state index contributed by atoms with van der Waals surface area (Å²) >= 11 is 1.88. The number of thiophene rings is 1. The molecule has 1 aromatic heterocycles. The molecule has 0 amide bonds. The number of hydrogen-bond acceptors (Lipinski definition) is 2. The van der Waals surface area contributed by atoms with Crippen LogP contribution >= 0.6 is 11.3 Å². The molecule has 0 aliphatic heterocycles. The zero-order valence-electron chi connectivity index (χ0n) is 7.20. The van der Waals surface area contributed by atoms with Crippen LogP contribution in [0.5, 0.6) is 0 Å². The Kier molecular flexibility index (Phi) is 2.47. The summed E-state index contributed by atoms with van der Waals surface area (Å²) in [7, 11) is 0. The molecule has 2 atom stereocenters. The molecule has 0 aromatic carbocycles. The van der Waals surface area contributed by atoms with Crippen molar-refractivity contribution in [2.45, 2.75) is 25.2 Å². The van der Waals surface area contributed by atoms with Gasteiger partial charge in [0.2, 0.25) is 0 Å². The van der Waals surface area contributed by atoms with E-state index in [4.69, 9.17) is 5.73 Å². The molecule has 0 saturated heterocycles. The van der Waals surface area contributed by atoms with E-state index in [1.807, 2.05) is 11.3 Å². The molecular formula is C10H15NS. The maximum Gasteiger partial charge on any atom is 0.00794 e. The largest absolute Gasteiger partial charge is 0.330 e. The Morgan fingerprint density at radius 1 is 1.50 bits per heavy atom. The van der Waals surface area contributed by atoms with Gasteiger partial charge in [0.15, 0.2) is 0 Å². The normalized spacial score (nSPS) is 29.4. The summed E-state index contributed by atoms with van der Waals surface area (Å²) in [4.78, 5) is 1.54. The molecule has 1 heterocycles. The lowest BCUT2D eigenvalue weighted by Crippen LogP contribution is -2.16. The first-order valence-corrected chi connectivity index (χ1v) is 5.53.